The highest BCUT2D eigenvalue weighted by atomic mass is 16.6. The van der Waals surface area contributed by atoms with Crippen LogP contribution in [0.2, 0.25) is 0 Å². The van der Waals surface area contributed by atoms with Gasteiger partial charge in [0.1, 0.15) is 5.82 Å². The summed E-state index contributed by atoms with van der Waals surface area (Å²) < 4.78 is 0. The molecule has 1 aliphatic rings. The first kappa shape index (κ1) is 13.4. The molecule has 1 aromatic heterocycles. The van der Waals surface area contributed by atoms with Gasteiger partial charge < -0.3 is 9.80 Å². The fourth-order valence-electron chi connectivity index (χ4n) is 2.48. The lowest BCUT2D eigenvalue weighted by molar-refractivity contribution is -0.384. The van der Waals surface area contributed by atoms with Gasteiger partial charge in [0.2, 0.25) is 0 Å². The van der Waals surface area contributed by atoms with E-state index >= 15 is 0 Å². The van der Waals surface area contributed by atoms with E-state index in [-0.39, 0.29) is 10.6 Å². The van der Waals surface area contributed by atoms with Crippen LogP contribution in [0.3, 0.4) is 0 Å². The molecule has 0 spiro atoms. The lowest BCUT2D eigenvalue weighted by Gasteiger charge is -2.36. The Hall–Kier alpha value is -2.63. The average Bonchev–Trinajstić information content (AvgIpc) is 2.56. The predicted octanol–water partition coefficient (Wildman–Crippen LogP) is 2.12. The number of anilines is 2. The predicted molar refractivity (Wildman–Crippen MR) is 80.6 cm³/mol. The molecule has 0 atom stereocenters. The highest BCUT2D eigenvalue weighted by Crippen LogP contribution is 2.21. The van der Waals surface area contributed by atoms with E-state index in [9.17, 15) is 10.1 Å². The van der Waals surface area contributed by atoms with Gasteiger partial charge in [-0.25, -0.2) is 4.98 Å². The maximum absolute atomic E-state index is 10.8. The Morgan fingerprint density at radius 3 is 2.43 bits per heavy atom. The summed E-state index contributed by atoms with van der Waals surface area (Å²) in [4.78, 5) is 19.1. The summed E-state index contributed by atoms with van der Waals surface area (Å²) in [5.41, 5.74) is 1.27. The van der Waals surface area contributed by atoms with Gasteiger partial charge in [0.25, 0.3) is 5.69 Å². The maximum Gasteiger partial charge on any atom is 0.274 e. The van der Waals surface area contributed by atoms with Crippen LogP contribution in [0.1, 0.15) is 0 Å². The molecular formula is C15H15N4O2. The zero-order valence-electron chi connectivity index (χ0n) is 11.5. The lowest BCUT2D eigenvalue weighted by Crippen LogP contribution is -2.46. The Kier molecular flexibility index (Phi) is 3.68. The van der Waals surface area contributed by atoms with Crippen LogP contribution in [0.15, 0.2) is 42.6 Å². The third-order valence-electron chi connectivity index (χ3n) is 3.61. The summed E-state index contributed by atoms with van der Waals surface area (Å²) in [6, 6.07) is 13.9. The summed E-state index contributed by atoms with van der Waals surface area (Å²) in [7, 11) is 0. The minimum Gasteiger partial charge on any atom is -0.368 e. The first-order valence-corrected chi connectivity index (χ1v) is 6.80. The van der Waals surface area contributed by atoms with E-state index in [2.05, 4.69) is 20.9 Å². The van der Waals surface area contributed by atoms with Gasteiger partial charge in [-0.2, -0.15) is 0 Å². The summed E-state index contributed by atoms with van der Waals surface area (Å²) in [5, 5.41) is 10.8. The highest BCUT2D eigenvalue weighted by Gasteiger charge is 2.19. The van der Waals surface area contributed by atoms with Crippen molar-refractivity contribution in [3.8, 4) is 0 Å². The van der Waals surface area contributed by atoms with Crippen LogP contribution >= 0.6 is 0 Å². The van der Waals surface area contributed by atoms with Gasteiger partial charge in [-0.1, -0.05) is 12.1 Å². The maximum atomic E-state index is 10.8. The lowest BCUT2D eigenvalue weighted by atomic mass is 10.2. The fraction of sp³-hybridized carbons (Fsp3) is 0.267. The average molecular weight is 283 g/mol. The summed E-state index contributed by atoms with van der Waals surface area (Å²) in [6.07, 6.45) is 1.49. The summed E-state index contributed by atoms with van der Waals surface area (Å²) >= 11 is 0. The van der Waals surface area contributed by atoms with Gasteiger partial charge in [0.15, 0.2) is 0 Å². The van der Waals surface area contributed by atoms with Crippen LogP contribution in [0.5, 0.6) is 0 Å². The molecule has 3 rings (SSSR count). The van der Waals surface area contributed by atoms with E-state index in [0.29, 0.717) is 5.82 Å². The number of piperazine rings is 1. The van der Waals surface area contributed by atoms with Crippen molar-refractivity contribution in [2.45, 2.75) is 0 Å². The number of aromatic nitrogens is 1. The molecule has 1 fully saturated rings. The molecule has 0 aliphatic carbocycles. The third kappa shape index (κ3) is 2.94. The van der Waals surface area contributed by atoms with Gasteiger partial charge in [-0.05, 0) is 18.2 Å². The molecule has 2 aromatic rings. The number of pyridine rings is 1. The van der Waals surface area contributed by atoms with E-state index < -0.39 is 0 Å². The van der Waals surface area contributed by atoms with Crippen LogP contribution in [0.25, 0.3) is 0 Å². The largest absolute Gasteiger partial charge is 0.368 e. The molecular weight excluding hydrogens is 268 g/mol. The number of nitrogens with zero attached hydrogens (tertiary/aromatic N) is 4. The van der Waals surface area contributed by atoms with Crippen molar-refractivity contribution in [1.82, 2.24) is 4.98 Å². The van der Waals surface area contributed by atoms with Crippen molar-refractivity contribution in [3.63, 3.8) is 0 Å². The van der Waals surface area contributed by atoms with Crippen molar-refractivity contribution in [1.29, 1.82) is 0 Å². The van der Waals surface area contributed by atoms with E-state index in [0.717, 1.165) is 26.2 Å². The van der Waals surface area contributed by atoms with Gasteiger partial charge in [-0.3, -0.25) is 10.1 Å². The van der Waals surface area contributed by atoms with E-state index in [1.807, 2.05) is 24.3 Å². The molecule has 6 nitrogen and oxygen atoms in total. The van der Waals surface area contributed by atoms with Crippen LogP contribution in [0.4, 0.5) is 17.2 Å². The Morgan fingerprint density at radius 2 is 1.76 bits per heavy atom. The molecule has 1 aliphatic heterocycles. The van der Waals surface area contributed by atoms with Crippen molar-refractivity contribution >= 4 is 17.2 Å². The zero-order valence-corrected chi connectivity index (χ0v) is 11.5. The molecule has 1 radical (unpaired) electrons. The number of hydrogen-bond acceptors (Lipinski definition) is 5. The number of hydrogen-bond donors (Lipinski definition) is 0. The van der Waals surface area contributed by atoms with Crippen LogP contribution in [0, 0.1) is 16.2 Å². The van der Waals surface area contributed by atoms with E-state index in [1.54, 1.807) is 0 Å². The molecule has 1 saturated heterocycles. The molecule has 0 bridgehead atoms. The zero-order chi connectivity index (χ0) is 14.7. The molecule has 0 saturated carbocycles. The molecule has 0 amide bonds. The Labute approximate surface area is 122 Å². The van der Waals surface area contributed by atoms with Crippen LogP contribution in [-0.4, -0.2) is 36.1 Å². The van der Waals surface area contributed by atoms with Crippen molar-refractivity contribution < 1.29 is 4.92 Å². The van der Waals surface area contributed by atoms with Gasteiger partial charge in [0, 0.05) is 44.1 Å². The molecule has 21 heavy (non-hydrogen) atoms. The van der Waals surface area contributed by atoms with Crippen molar-refractivity contribution in [3.05, 3.63) is 58.8 Å². The Balaban J connectivity index is 1.68. The molecule has 107 valence electrons. The normalized spacial score (nSPS) is 15.0. The van der Waals surface area contributed by atoms with Gasteiger partial charge >= 0.3 is 0 Å². The molecule has 0 unspecified atom stereocenters. The Morgan fingerprint density at radius 1 is 1.10 bits per heavy atom. The number of rotatable bonds is 3. The van der Waals surface area contributed by atoms with E-state index in [4.69, 9.17) is 0 Å². The fourth-order valence-corrected chi connectivity index (χ4v) is 2.48. The second-order valence-corrected chi connectivity index (χ2v) is 4.86. The highest BCUT2D eigenvalue weighted by molar-refractivity contribution is 5.51. The molecule has 6 heteroatoms. The second kappa shape index (κ2) is 5.78. The first-order chi connectivity index (χ1) is 10.2. The molecule has 1 aromatic carbocycles. The Bertz CT molecular complexity index is 625. The molecule has 2 heterocycles. The quantitative estimate of drug-likeness (QED) is 0.637. The van der Waals surface area contributed by atoms with Gasteiger partial charge in [-0.15, -0.1) is 0 Å². The minimum atomic E-state index is -0.387. The first-order valence-electron chi connectivity index (χ1n) is 6.80. The van der Waals surface area contributed by atoms with Crippen molar-refractivity contribution in [2.75, 3.05) is 36.0 Å². The smallest absolute Gasteiger partial charge is 0.274 e. The van der Waals surface area contributed by atoms with Crippen molar-refractivity contribution in [2.24, 2.45) is 0 Å². The summed E-state index contributed by atoms with van der Waals surface area (Å²) in [5.74, 6) is 0.672. The van der Waals surface area contributed by atoms with Crippen LogP contribution in [-0.2, 0) is 0 Å². The summed E-state index contributed by atoms with van der Waals surface area (Å²) in [6.45, 7) is 3.34. The topological polar surface area (TPSA) is 62.5 Å². The van der Waals surface area contributed by atoms with Gasteiger partial charge in [0.05, 0.1) is 11.0 Å². The number of nitro groups is 1. The third-order valence-corrected chi connectivity index (χ3v) is 3.61. The monoisotopic (exact) mass is 283 g/mol. The second-order valence-electron chi connectivity index (χ2n) is 4.86. The molecule has 0 N–H and O–H groups in total. The van der Waals surface area contributed by atoms with E-state index in [1.165, 1.54) is 24.0 Å². The van der Waals surface area contributed by atoms with Crippen LogP contribution < -0.4 is 9.80 Å². The standard InChI is InChI=1S/C15H15N4O2/c20-19(21)14-6-7-16-15(12-14)18-10-8-17(9-11-18)13-4-2-1-3-5-13/h2-7,12H,8-11H2. The SMILES string of the molecule is O=[N+]([O-])c1ccnc(N2CCN(c3cc[c]cc3)CC2)c1. The number of benzene rings is 1. The minimum absolute atomic E-state index is 0.0843.